The first-order chi connectivity index (χ1) is 8.57. The molecular weight excluding hydrogens is 272 g/mol. The summed E-state index contributed by atoms with van der Waals surface area (Å²) in [6.45, 7) is 2.61. The lowest BCUT2D eigenvalue weighted by molar-refractivity contribution is 0.395. The van der Waals surface area contributed by atoms with E-state index in [-0.39, 0.29) is 16.1 Å². The Balaban J connectivity index is 2.30. The Morgan fingerprint density at radius 1 is 1.50 bits per heavy atom. The average Bonchev–Trinajstić information content (AvgIpc) is 3.14. The van der Waals surface area contributed by atoms with Crippen LogP contribution in [-0.4, -0.2) is 30.3 Å². The smallest absolute Gasteiger partial charge is 0.243 e. The van der Waals surface area contributed by atoms with Crippen LogP contribution in [0.3, 0.4) is 0 Å². The summed E-state index contributed by atoms with van der Waals surface area (Å²) in [6, 6.07) is 3.27. The average molecular weight is 289 g/mol. The quantitative estimate of drug-likeness (QED) is 0.756. The van der Waals surface area contributed by atoms with Crippen LogP contribution in [-0.2, 0) is 10.0 Å². The maximum atomic E-state index is 12.5. The van der Waals surface area contributed by atoms with Crippen LogP contribution in [0.25, 0.3) is 0 Å². The molecule has 6 heteroatoms. The molecule has 1 aromatic heterocycles. The Labute approximate surface area is 113 Å². The highest BCUT2D eigenvalue weighted by Gasteiger charge is 2.38. The molecule has 0 aliphatic heterocycles. The van der Waals surface area contributed by atoms with Gasteiger partial charge in [-0.25, -0.2) is 13.4 Å². The van der Waals surface area contributed by atoms with E-state index in [1.54, 1.807) is 10.4 Å². The number of hydrogen-bond donors (Lipinski definition) is 0. The van der Waals surface area contributed by atoms with Gasteiger partial charge in [0.05, 0.1) is 0 Å². The lowest BCUT2D eigenvalue weighted by atomic mass is 10.3. The third kappa shape index (κ3) is 2.84. The van der Waals surface area contributed by atoms with Gasteiger partial charge in [-0.2, -0.15) is 4.31 Å². The lowest BCUT2D eigenvalue weighted by Gasteiger charge is -2.21. The molecule has 18 heavy (non-hydrogen) atoms. The molecule has 0 atom stereocenters. The van der Waals surface area contributed by atoms with Crippen LogP contribution in [0.5, 0.6) is 0 Å². The van der Waals surface area contributed by atoms with Crippen molar-refractivity contribution in [3.63, 3.8) is 0 Å². The number of sulfonamides is 1. The van der Waals surface area contributed by atoms with Gasteiger partial charge in [0.2, 0.25) is 10.0 Å². The summed E-state index contributed by atoms with van der Waals surface area (Å²) in [5, 5.41) is 0.0552. The number of halogens is 1. The second-order valence-corrected chi connectivity index (χ2v) is 6.71. The second kappa shape index (κ2) is 5.55. The summed E-state index contributed by atoms with van der Waals surface area (Å²) < 4.78 is 26.7. The van der Waals surface area contributed by atoms with Gasteiger partial charge in [-0.1, -0.05) is 24.9 Å². The Morgan fingerprint density at radius 2 is 2.22 bits per heavy atom. The molecule has 0 bridgehead atoms. The van der Waals surface area contributed by atoms with E-state index in [4.69, 9.17) is 11.6 Å². The highest BCUT2D eigenvalue weighted by Crippen LogP contribution is 2.33. The maximum Gasteiger partial charge on any atom is 0.246 e. The number of aromatic nitrogens is 1. The molecule has 0 saturated heterocycles. The van der Waals surface area contributed by atoms with Crippen LogP contribution in [0.15, 0.2) is 23.2 Å². The molecule has 0 radical (unpaired) electrons. The lowest BCUT2D eigenvalue weighted by Crippen LogP contribution is -2.34. The minimum atomic E-state index is -3.50. The van der Waals surface area contributed by atoms with E-state index in [0.717, 1.165) is 25.7 Å². The zero-order valence-electron chi connectivity index (χ0n) is 10.3. The van der Waals surface area contributed by atoms with Crippen molar-refractivity contribution < 1.29 is 8.42 Å². The van der Waals surface area contributed by atoms with Gasteiger partial charge in [-0.3, -0.25) is 0 Å². The van der Waals surface area contributed by atoms with E-state index in [1.165, 1.54) is 12.3 Å². The normalized spacial score (nSPS) is 16.2. The molecule has 2 rings (SSSR count). The number of hydrogen-bond acceptors (Lipinski definition) is 3. The Bertz CT molecular complexity index is 515. The maximum absolute atomic E-state index is 12.5. The van der Waals surface area contributed by atoms with E-state index >= 15 is 0 Å². The van der Waals surface area contributed by atoms with Gasteiger partial charge >= 0.3 is 0 Å². The largest absolute Gasteiger partial charge is 0.246 e. The first kappa shape index (κ1) is 13.8. The van der Waals surface area contributed by atoms with Crippen LogP contribution in [0.4, 0.5) is 0 Å². The number of pyridine rings is 1. The van der Waals surface area contributed by atoms with Gasteiger partial charge in [0.15, 0.2) is 0 Å². The zero-order valence-corrected chi connectivity index (χ0v) is 11.9. The van der Waals surface area contributed by atoms with E-state index in [1.807, 2.05) is 0 Å². The number of rotatable bonds is 6. The van der Waals surface area contributed by atoms with E-state index < -0.39 is 10.0 Å². The molecule has 4 nitrogen and oxygen atoms in total. The van der Waals surface area contributed by atoms with Gasteiger partial charge < -0.3 is 0 Å². The topological polar surface area (TPSA) is 50.3 Å². The van der Waals surface area contributed by atoms with Crippen LogP contribution in [0, 0.1) is 0 Å². The highest BCUT2D eigenvalue weighted by atomic mass is 35.5. The fourth-order valence-electron chi connectivity index (χ4n) is 1.87. The zero-order chi connectivity index (χ0) is 13.2. The molecule has 1 aliphatic carbocycles. The van der Waals surface area contributed by atoms with Crippen molar-refractivity contribution in [3.8, 4) is 0 Å². The van der Waals surface area contributed by atoms with Crippen molar-refractivity contribution in [1.82, 2.24) is 9.29 Å². The van der Waals surface area contributed by atoms with Crippen LogP contribution >= 0.6 is 11.6 Å². The van der Waals surface area contributed by atoms with Crippen molar-refractivity contribution in [1.29, 1.82) is 0 Å². The molecule has 1 aromatic rings. The van der Waals surface area contributed by atoms with Gasteiger partial charge in [0.25, 0.3) is 0 Å². The molecule has 0 N–H and O–H groups in total. The first-order valence-corrected chi connectivity index (χ1v) is 8.01. The SMILES string of the molecule is CCCCN(C1CC1)S(=O)(=O)c1cccnc1Cl. The van der Waals surface area contributed by atoms with Gasteiger partial charge in [-0.15, -0.1) is 0 Å². The van der Waals surface area contributed by atoms with Crippen LogP contribution in [0.1, 0.15) is 32.6 Å². The first-order valence-electron chi connectivity index (χ1n) is 6.19. The Hall–Kier alpha value is -0.650. The van der Waals surface area contributed by atoms with Gasteiger partial charge in [-0.05, 0) is 31.4 Å². The van der Waals surface area contributed by atoms with E-state index in [2.05, 4.69) is 11.9 Å². The summed E-state index contributed by atoms with van der Waals surface area (Å²) in [5.74, 6) is 0. The third-order valence-electron chi connectivity index (χ3n) is 3.00. The summed E-state index contributed by atoms with van der Waals surface area (Å²) in [6.07, 6.45) is 5.23. The minimum Gasteiger partial charge on any atom is -0.243 e. The van der Waals surface area contributed by atoms with Crippen LogP contribution in [0.2, 0.25) is 5.15 Å². The fraction of sp³-hybridized carbons (Fsp3) is 0.583. The molecular formula is C12H17ClN2O2S. The van der Waals surface area contributed by atoms with E-state index in [0.29, 0.717) is 6.54 Å². The predicted octanol–water partition coefficient (Wildman–Crippen LogP) is 2.69. The van der Waals surface area contributed by atoms with Crippen molar-refractivity contribution >= 4 is 21.6 Å². The second-order valence-electron chi connectivity index (χ2n) is 4.49. The molecule has 0 aromatic carbocycles. The van der Waals surface area contributed by atoms with Crippen molar-refractivity contribution in [2.75, 3.05) is 6.54 Å². The summed E-state index contributed by atoms with van der Waals surface area (Å²) in [5.41, 5.74) is 0. The van der Waals surface area contributed by atoms with Gasteiger partial charge in [0.1, 0.15) is 10.0 Å². The van der Waals surface area contributed by atoms with Gasteiger partial charge in [0, 0.05) is 18.8 Å². The Morgan fingerprint density at radius 3 is 2.78 bits per heavy atom. The molecule has 1 heterocycles. The molecule has 0 spiro atoms. The summed E-state index contributed by atoms with van der Waals surface area (Å²) in [7, 11) is -3.50. The summed E-state index contributed by atoms with van der Waals surface area (Å²) in [4.78, 5) is 3.97. The third-order valence-corrected chi connectivity index (χ3v) is 5.39. The predicted molar refractivity (Wildman–Crippen MR) is 71.1 cm³/mol. The Kier molecular flexibility index (Phi) is 4.25. The minimum absolute atomic E-state index is 0.0552. The molecule has 1 aliphatic rings. The van der Waals surface area contributed by atoms with E-state index in [9.17, 15) is 8.42 Å². The van der Waals surface area contributed by atoms with Crippen molar-refractivity contribution in [3.05, 3.63) is 23.5 Å². The van der Waals surface area contributed by atoms with Crippen molar-refractivity contribution in [2.45, 2.75) is 43.5 Å². The molecule has 1 fully saturated rings. The molecule has 100 valence electrons. The molecule has 0 unspecified atom stereocenters. The fourth-order valence-corrected chi connectivity index (χ4v) is 4.02. The molecule has 0 amide bonds. The number of nitrogens with zero attached hydrogens (tertiary/aromatic N) is 2. The van der Waals surface area contributed by atoms with Crippen LogP contribution < -0.4 is 0 Å². The highest BCUT2D eigenvalue weighted by molar-refractivity contribution is 7.89. The number of unbranched alkanes of at least 4 members (excludes halogenated alkanes) is 1. The monoisotopic (exact) mass is 288 g/mol. The summed E-state index contributed by atoms with van der Waals surface area (Å²) >= 11 is 5.90. The van der Waals surface area contributed by atoms with Crippen molar-refractivity contribution in [2.24, 2.45) is 0 Å². The standard InChI is InChI=1S/C12H17ClN2O2S/c1-2-3-9-15(10-6-7-10)18(16,17)11-5-4-8-14-12(11)13/h4-5,8,10H,2-3,6-7,9H2,1H3. The molecule has 1 saturated carbocycles.